The molecular formula is C20H18ClNO5S. The number of amides is 1. The third-order valence-corrected chi connectivity index (χ3v) is 6.06. The van der Waals surface area contributed by atoms with Gasteiger partial charge in [0.1, 0.15) is 17.3 Å². The quantitative estimate of drug-likeness (QED) is 0.628. The highest BCUT2D eigenvalue weighted by atomic mass is 35.5. The average molecular weight is 420 g/mol. The van der Waals surface area contributed by atoms with Crippen molar-refractivity contribution in [1.82, 2.24) is 5.32 Å². The topological polar surface area (TPSA) is 85.6 Å². The van der Waals surface area contributed by atoms with Crippen LogP contribution in [0.5, 0.6) is 5.75 Å². The molecule has 0 fully saturated rings. The van der Waals surface area contributed by atoms with Crippen LogP contribution in [0.15, 0.2) is 70.0 Å². The molecule has 2 aromatic carbocycles. The number of ether oxygens (including phenoxy) is 1. The van der Waals surface area contributed by atoms with E-state index in [-0.39, 0.29) is 28.7 Å². The Morgan fingerprint density at radius 1 is 1.07 bits per heavy atom. The second-order valence-electron chi connectivity index (χ2n) is 5.97. The monoisotopic (exact) mass is 419 g/mol. The van der Waals surface area contributed by atoms with Crippen LogP contribution in [0.2, 0.25) is 5.02 Å². The standard InChI is InChI=1S/C20H18ClNO5S/c1-26-15-6-9-17(10-7-15)28(24,25)13-16-8-11-19(27-16)20(23)22-12-14-4-2-3-5-18(14)21/h2-11H,12-13H2,1H3,(H,22,23). The minimum Gasteiger partial charge on any atom is -0.497 e. The van der Waals surface area contributed by atoms with Gasteiger partial charge in [-0.05, 0) is 48.0 Å². The molecule has 1 heterocycles. The summed E-state index contributed by atoms with van der Waals surface area (Å²) in [6.45, 7) is 0.235. The Kier molecular flexibility index (Phi) is 6.06. The Hall–Kier alpha value is -2.77. The molecule has 0 aliphatic rings. The first-order chi connectivity index (χ1) is 13.4. The van der Waals surface area contributed by atoms with E-state index in [0.29, 0.717) is 10.8 Å². The Labute approximate surface area is 168 Å². The van der Waals surface area contributed by atoms with E-state index in [1.165, 1.54) is 31.4 Å². The molecule has 3 rings (SSSR count). The largest absolute Gasteiger partial charge is 0.497 e. The minimum absolute atomic E-state index is 0.0342. The van der Waals surface area contributed by atoms with Gasteiger partial charge < -0.3 is 14.5 Å². The fraction of sp³-hybridized carbons (Fsp3) is 0.150. The Morgan fingerprint density at radius 3 is 2.46 bits per heavy atom. The van der Waals surface area contributed by atoms with E-state index < -0.39 is 15.7 Å². The molecule has 8 heteroatoms. The van der Waals surface area contributed by atoms with Crippen molar-refractivity contribution in [3.63, 3.8) is 0 Å². The molecule has 0 atom stereocenters. The lowest BCUT2D eigenvalue weighted by atomic mass is 10.2. The Bertz CT molecular complexity index is 1070. The highest BCUT2D eigenvalue weighted by molar-refractivity contribution is 7.90. The normalized spacial score (nSPS) is 11.2. The number of furan rings is 1. The van der Waals surface area contributed by atoms with E-state index in [1.54, 1.807) is 30.3 Å². The number of hydrogen-bond donors (Lipinski definition) is 1. The van der Waals surface area contributed by atoms with Gasteiger partial charge in [0, 0.05) is 11.6 Å². The van der Waals surface area contributed by atoms with Crippen molar-refractivity contribution in [2.75, 3.05) is 7.11 Å². The van der Waals surface area contributed by atoms with Crippen molar-refractivity contribution in [3.05, 3.63) is 82.8 Å². The SMILES string of the molecule is COc1ccc(S(=O)(=O)Cc2ccc(C(=O)NCc3ccccc3Cl)o2)cc1. The Morgan fingerprint density at radius 2 is 1.79 bits per heavy atom. The smallest absolute Gasteiger partial charge is 0.287 e. The molecule has 0 aliphatic heterocycles. The van der Waals surface area contributed by atoms with Crippen LogP contribution in [-0.2, 0) is 22.1 Å². The van der Waals surface area contributed by atoms with Crippen molar-refractivity contribution < 1.29 is 22.4 Å². The van der Waals surface area contributed by atoms with E-state index in [4.69, 9.17) is 20.8 Å². The average Bonchev–Trinajstić information content (AvgIpc) is 3.15. The maximum absolute atomic E-state index is 12.5. The van der Waals surface area contributed by atoms with Gasteiger partial charge in [-0.15, -0.1) is 0 Å². The van der Waals surface area contributed by atoms with Gasteiger partial charge in [0.25, 0.3) is 5.91 Å². The van der Waals surface area contributed by atoms with Crippen LogP contribution in [0.1, 0.15) is 21.9 Å². The van der Waals surface area contributed by atoms with Crippen molar-refractivity contribution >= 4 is 27.3 Å². The predicted molar refractivity (Wildman–Crippen MR) is 105 cm³/mol. The zero-order valence-electron chi connectivity index (χ0n) is 15.0. The lowest BCUT2D eigenvalue weighted by molar-refractivity contribution is 0.0921. The molecule has 0 unspecified atom stereocenters. The van der Waals surface area contributed by atoms with E-state index >= 15 is 0 Å². The zero-order valence-corrected chi connectivity index (χ0v) is 16.6. The maximum Gasteiger partial charge on any atom is 0.287 e. The molecule has 0 saturated heterocycles. The summed E-state index contributed by atoms with van der Waals surface area (Å²) in [5.41, 5.74) is 0.770. The molecule has 0 radical (unpaired) electrons. The summed E-state index contributed by atoms with van der Waals surface area (Å²) >= 11 is 6.06. The van der Waals surface area contributed by atoms with Gasteiger partial charge in [-0.25, -0.2) is 8.42 Å². The molecule has 146 valence electrons. The van der Waals surface area contributed by atoms with E-state index in [9.17, 15) is 13.2 Å². The third kappa shape index (κ3) is 4.74. The van der Waals surface area contributed by atoms with Crippen LogP contribution in [0, 0.1) is 0 Å². The Balaban J connectivity index is 1.65. The molecule has 28 heavy (non-hydrogen) atoms. The summed E-state index contributed by atoms with van der Waals surface area (Å²) in [5, 5.41) is 3.25. The zero-order chi connectivity index (χ0) is 20.1. The van der Waals surface area contributed by atoms with Gasteiger partial charge in [-0.1, -0.05) is 29.8 Å². The molecule has 6 nitrogen and oxygen atoms in total. The van der Waals surface area contributed by atoms with Gasteiger partial charge in [0.05, 0.1) is 12.0 Å². The lowest BCUT2D eigenvalue weighted by Crippen LogP contribution is -2.22. The minimum atomic E-state index is -3.61. The van der Waals surface area contributed by atoms with E-state index in [2.05, 4.69) is 5.32 Å². The first-order valence-electron chi connectivity index (χ1n) is 8.36. The number of carbonyl (C=O) groups is 1. The molecule has 0 spiro atoms. The lowest BCUT2D eigenvalue weighted by Gasteiger charge is -2.06. The van der Waals surface area contributed by atoms with Gasteiger partial charge >= 0.3 is 0 Å². The number of halogens is 1. The van der Waals surface area contributed by atoms with Gasteiger partial charge in [-0.2, -0.15) is 0 Å². The number of methoxy groups -OCH3 is 1. The van der Waals surface area contributed by atoms with Crippen LogP contribution >= 0.6 is 11.6 Å². The molecule has 0 saturated carbocycles. The number of nitrogens with one attached hydrogen (secondary N) is 1. The van der Waals surface area contributed by atoms with Crippen LogP contribution in [-0.4, -0.2) is 21.4 Å². The summed E-state index contributed by atoms with van der Waals surface area (Å²) in [4.78, 5) is 12.4. The number of hydrogen-bond acceptors (Lipinski definition) is 5. The van der Waals surface area contributed by atoms with Crippen LogP contribution < -0.4 is 10.1 Å². The fourth-order valence-electron chi connectivity index (χ4n) is 2.54. The molecule has 0 bridgehead atoms. The van der Waals surface area contributed by atoms with Crippen LogP contribution in [0.4, 0.5) is 0 Å². The summed E-state index contributed by atoms with van der Waals surface area (Å²) in [7, 11) is -2.11. The predicted octanol–water partition coefficient (Wildman–Crippen LogP) is 3.85. The highest BCUT2D eigenvalue weighted by Crippen LogP contribution is 2.21. The highest BCUT2D eigenvalue weighted by Gasteiger charge is 2.19. The first-order valence-corrected chi connectivity index (χ1v) is 10.4. The number of benzene rings is 2. The molecule has 3 aromatic rings. The maximum atomic E-state index is 12.5. The van der Waals surface area contributed by atoms with Crippen LogP contribution in [0.25, 0.3) is 0 Å². The third-order valence-electron chi connectivity index (χ3n) is 4.03. The second kappa shape index (κ2) is 8.50. The molecule has 0 aliphatic carbocycles. The van der Waals surface area contributed by atoms with Crippen molar-refractivity contribution in [1.29, 1.82) is 0 Å². The number of rotatable bonds is 7. The molecule has 1 amide bonds. The van der Waals surface area contributed by atoms with Crippen molar-refractivity contribution in [2.24, 2.45) is 0 Å². The number of sulfone groups is 1. The van der Waals surface area contributed by atoms with Gasteiger partial charge in [-0.3, -0.25) is 4.79 Å². The second-order valence-corrected chi connectivity index (χ2v) is 8.37. The first kappa shape index (κ1) is 20.0. The summed E-state index contributed by atoms with van der Waals surface area (Å²) in [5.74, 6) is -0.0231. The molecule has 1 N–H and O–H groups in total. The van der Waals surface area contributed by atoms with Gasteiger partial charge in [0.15, 0.2) is 15.6 Å². The molecule has 1 aromatic heterocycles. The summed E-state index contributed by atoms with van der Waals surface area (Å²) in [6.07, 6.45) is 0. The molecular weight excluding hydrogens is 402 g/mol. The van der Waals surface area contributed by atoms with E-state index in [1.807, 2.05) is 6.07 Å². The van der Waals surface area contributed by atoms with Gasteiger partial charge in [0.2, 0.25) is 0 Å². The van der Waals surface area contributed by atoms with Crippen LogP contribution in [0.3, 0.4) is 0 Å². The summed E-state index contributed by atoms with van der Waals surface area (Å²) < 4.78 is 35.5. The van der Waals surface area contributed by atoms with Crippen molar-refractivity contribution in [2.45, 2.75) is 17.2 Å². The number of carbonyl (C=O) groups excluding carboxylic acids is 1. The summed E-state index contributed by atoms with van der Waals surface area (Å²) in [6, 6.07) is 16.2. The van der Waals surface area contributed by atoms with E-state index in [0.717, 1.165) is 5.56 Å². The van der Waals surface area contributed by atoms with Crippen molar-refractivity contribution in [3.8, 4) is 5.75 Å². The fourth-order valence-corrected chi connectivity index (χ4v) is 3.99.